The molecule has 1 aromatic rings. The molecular weight excluding hydrogens is 433 g/mol. The number of halogens is 6. The molecule has 1 saturated heterocycles. The number of amides is 3. The lowest BCUT2D eigenvalue weighted by Crippen LogP contribution is -2.54. The molecule has 2 fully saturated rings. The van der Waals surface area contributed by atoms with E-state index in [1.54, 1.807) is 0 Å². The number of hydrogen-bond acceptors (Lipinski definition) is 2. The number of nitrogens with zero attached hydrogens (tertiary/aromatic N) is 1. The summed E-state index contributed by atoms with van der Waals surface area (Å²) in [5.74, 6) is -4.33. The smallest absolute Gasteiger partial charge is 0.353 e. The Balaban J connectivity index is 1.83. The van der Waals surface area contributed by atoms with Crippen molar-refractivity contribution in [2.45, 2.75) is 37.9 Å². The summed E-state index contributed by atoms with van der Waals surface area (Å²) >= 11 is 5.68. The van der Waals surface area contributed by atoms with Crippen molar-refractivity contribution >= 4 is 23.5 Å². The zero-order valence-corrected chi connectivity index (χ0v) is 16.6. The van der Waals surface area contributed by atoms with Gasteiger partial charge >= 0.3 is 12.2 Å². The Kier molecular flexibility index (Phi) is 6.74. The number of carbonyl (C=O) groups excluding carboxylic acids is 2. The average Bonchev–Trinajstić information content (AvgIpc) is 2.70. The van der Waals surface area contributed by atoms with E-state index in [0.29, 0.717) is 0 Å². The van der Waals surface area contributed by atoms with Crippen molar-refractivity contribution in [3.05, 3.63) is 34.4 Å². The van der Waals surface area contributed by atoms with E-state index in [9.17, 15) is 31.5 Å². The van der Waals surface area contributed by atoms with Crippen molar-refractivity contribution < 1.29 is 31.5 Å². The summed E-state index contributed by atoms with van der Waals surface area (Å²) in [6.07, 6.45) is -4.41. The minimum absolute atomic E-state index is 0.0910. The number of benzene rings is 1. The molecule has 0 radical (unpaired) electrons. The molecule has 1 aliphatic heterocycles. The van der Waals surface area contributed by atoms with Gasteiger partial charge in [0.25, 0.3) is 0 Å². The predicted octanol–water partition coefficient (Wildman–Crippen LogP) is 4.17. The van der Waals surface area contributed by atoms with Gasteiger partial charge in [-0.05, 0) is 37.7 Å². The molecule has 1 saturated carbocycles. The number of nitrogens with one attached hydrogen (secondary N) is 2. The molecule has 2 aliphatic rings. The number of alkyl halides is 3. The van der Waals surface area contributed by atoms with Crippen molar-refractivity contribution in [1.29, 1.82) is 0 Å². The molecule has 30 heavy (non-hydrogen) atoms. The number of carbonyl (C=O) groups is 2. The lowest BCUT2D eigenvalue weighted by molar-refractivity contribution is -0.184. The Morgan fingerprint density at radius 3 is 2.47 bits per heavy atom. The van der Waals surface area contributed by atoms with Crippen LogP contribution in [0.3, 0.4) is 0 Å². The quantitative estimate of drug-likeness (QED) is 0.533. The molecule has 5 nitrogen and oxygen atoms in total. The van der Waals surface area contributed by atoms with Crippen LogP contribution in [0.5, 0.6) is 0 Å². The second-order valence-electron chi connectivity index (χ2n) is 7.62. The first-order chi connectivity index (χ1) is 14.1. The first-order valence-electron chi connectivity index (χ1n) is 9.60. The van der Waals surface area contributed by atoms with Gasteiger partial charge in [-0.15, -0.1) is 0 Å². The van der Waals surface area contributed by atoms with Gasteiger partial charge in [0, 0.05) is 18.7 Å². The van der Waals surface area contributed by atoms with Crippen molar-refractivity contribution in [1.82, 2.24) is 15.5 Å². The third-order valence-corrected chi connectivity index (χ3v) is 6.06. The van der Waals surface area contributed by atoms with Gasteiger partial charge in [0.1, 0.15) is 23.2 Å². The van der Waals surface area contributed by atoms with E-state index in [2.05, 4.69) is 10.6 Å². The molecule has 0 spiro atoms. The van der Waals surface area contributed by atoms with Crippen molar-refractivity contribution in [3.8, 4) is 0 Å². The topological polar surface area (TPSA) is 61.4 Å². The van der Waals surface area contributed by atoms with Gasteiger partial charge in [-0.1, -0.05) is 17.7 Å². The fourth-order valence-corrected chi connectivity index (χ4v) is 4.22. The Labute approximate surface area is 174 Å². The van der Waals surface area contributed by atoms with Gasteiger partial charge in [-0.25, -0.2) is 13.6 Å². The maximum Gasteiger partial charge on any atom is 0.391 e. The van der Waals surface area contributed by atoms with Crippen molar-refractivity contribution in [3.63, 3.8) is 0 Å². The van der Waals surface area contributed by atoms with Crippen molar-refractivity contribution in [2.24, 2.45) is 11.8 Å². The first kappa shape index (κ1) is 22.6. The minimum atomic E-state index is -4.31. The molecule has 2 N–H and O–H groups in total. The second-order valence-corrected chi connectivity index (χ2v) is 7.99. The van der Waals surface area contributed by atoms with E-state index in [1.807, 2.05) is 0 Å². The maximum atomic E-state index is 14.7. The van der Waals surface area contributed by atoms with Crippen LogP contribution < -0.4 is 10.6 Å². The van der Waals surface area contributed by atoms with Crippen LogP contribution >= 0.6 is 11.6 Å². The van der Waals surface area contributed by atoms with Crippen LogP contribution in [0.1, 0.15) is 37.3 Å². The normalized spacial score (nSPS) is 23.7. The fourth-order valence-electron chi connectivity index (χ4n) is 4.05. The summed E-state index contributed by atoms with van der Waals surface area (Å²) in [5, 5.41) is 4.47. The van der Waals surface area contributed by atoms with E-state index in [1.165, 1.54) is 4.90 Å². The van der Waals surface area contributed by atoms with Crippen LogP contribution in [-0.2, 0) is 4.79 Å². The first-order valence-corrected chi connectivity index (χ1v) is 9.98. The maximum absolute atomic E-state index is 14.7. The number of hydrogen-bond donors (Lipinski definition) is 2. The molecule has 3 rings (SSSR count). The van der Waals surface area contributed by atoms with Crippen LogP contribution in [0, 0.1) is 23.5 Å². The van der Waals surface area contributed by atoms with E-state index in [4.69, 9.17) is 11.6 Å². The fraction of sp³-hybridized carbons (Fsp3) is 0.579. The molecule has 1 atom stereocenters. The molecule has 11 heteroatoms. The third-order valence-electron chi connectivity index (χ3n) is 5.71. The second kappa shape index (κ2) is 8.95. The molecule has 0 unspecified atom stereocenters. The van der Waals surface area contributed by atoms with Crippen LogP contribution in [0.4, 0.5) is 26.7 Å². The van der Waals surface area contributed by atoms with Crippen LogP contribution in [0.15, 0.2) is 12.1 Å². The summed E-state index contributed by atoms with van der Waals surface area (Å²) in [6.45, 7) is 0.300. The van der Waals surface area contributed by atoms with Gasteiger partial charge in [0.2, 0.25) is 5.91 Å². The molecule has 0 bridgehead atoms. The highest BCUT2D eigenvalue weighted by molar-refractivity contribution is 6.31. The van der Waals surface area contributed by atoms with Gasteiger partial charge < -0.3 is 15.5 Å². The highest BCUT2D eigenvalue weighted by atomic mass is 35.5. The Hall–Kier alpha value is -2.10. The Bertz CT molecular complexity index is 812. The van der Waals surface area contributed by atoms with E-state index >= 15 is 0 Å². The van der Waals surface area contributed by atoms with Gasteiger partial charge in [-0.2, -0.15) is 13.2 Å². The monoisotopic (exact) mass is 453 g/mol. The number of piperazine rings is 1. The summed E-state index contributed by atoms with van der Waals surface area (Å²) in [6, 6.07) is 0.443. The van der Waals surface area contributed by atoms with E-state index < -0.39 is 46.7 Å². The predicted molar refractivity (Wildman–Crippen MR) is 98.7 cm³/mol. The molecular formula is C19H21ClF5N3O2. The highest BCUT2D eigenvalue weighted by Gasteiger charge is 2.43. The third kappa shape index (κ3) is 4.96. The van der Waals surface area contributed by atoms with Gasteiger partial charge in [-0.3, -0.25) is 4.79 Å². The molecule has 1 aromatic carbocycles. The van der Waals surface area contributed by atoms with Crippen LogP contribution in [0.2, 0.25) is 5.02 Å². The van der Waals surface area contributed by atoms with Crippen LogP contribution in [-0.4, -0.2) is 42.6 Å². The summed E-state index contributed by atoms with van der Waals surface area (Å²) in [5.41, 5.74) is -0.0910. The lowest BCUT2D eigenvalue weighted by Gasteiger charge is -2.37. The molecule has 1 aliphatic carbocycles. The number of rotatable bonds is 3. The average molecular weight is 454 g/mol. The zero-order chi connectivity index (χ0) is 22.1. The highest BCUT2D eigenvalue weighted by Crippen LogP contribution is 2.44. The lowest BCUT2D eigenvalue weighted by atomic mass is 9.76. The van der Waals surface area contributed by atoms with Gasteiger partial charge in [0.15, 0.2) is 0 Å². The number of urea groups is 1. The standard InChI is InChI=1S/C19H21ClF5N3O2/c20-15-13(21)6-5-12(16(15)22)17(10-1-3-11(4-2-10)19(23,24)25)27-18(30)28-8-7-26-14(29)9-28/h5-6,10-11,17H,1-4,7-9H2,(H,26,29)(H,27,30)/t10?,11?,17-/m0/s1. The summed E-state index contributed by atoms with van der Waals surface area (Å²) < 4.78 is 67.3. The summed E-state index contributed by atoms with van der Waals surface area (Å²) in [4.78, 5) is 25.5. The van der Waals surface area contributed by atoms with E-state index in [0.717, 1.165) is 12.1 Å². The summed E-state index contributed by atoms with van der Waals surface area (Å²) in [7, 11) is 0. The largest absolute Gasteiger partial charge is 0.391 e. The zero-order valence-electron chi connectivity index (χ0n) is 15.9. The molecule has 3 amide bonds. The Morgan fingerprint density at radius 2 is 1.87 bits per heavy atom. The minimum Gasteiger partial charge on any atom is -0.353 e. The molecule has 0 aromatic heterocycles. The Morgan fingerprint density at radius 1 is 1.20 bits per heavy atom. The molecule has 166 valence electrons. The van der Waals surface area contributed by atoms with Crippen molar-refractivity contribution in [2.75, 3.05) is 19.6 Å². The SMILES string of the molecule is O=C1CN(C(=O)N[C@H](c2ccc(F)c(Cl)c2F)C2CCC(C(F)(F)F)CC2)CCN1. The molecule has 1 heterocycles. The van der Waals surface area contributed by atoms with Crippen LogP contribution in [0.25, 0.3) is 0 Å². The van der Waals surface area contributed by atoms with E-state index in [-0.39, 0.29) is 56.8 Å². The van der Waals surface area contributed by atoms with Gasteiger partial charge in [0.05, 0.1) is 12.0 Å².